The molecule has 1 saturated heterocycles. The molecule has 2 heterocycles. The zero-order valence-corrected chi connectivity index (χ0v) is 14.3. The van der Waals surface area contributed by atoms with Crippen molar-refractivity contribution in [2.75, 3.05) is 0 Å². The Kier molecular flexibility index (Phi) is 3.09. The second kappa shape index (κ2) is 4.56. The lowest BCUT2D eigenvalue weighted by atomic mass is 9.70. The highest BCUT2D eigenvalue weighted by atomic mass is 32.1. The number of fused-ring (bicyclic) bond motifs is 5. The van der Waals surface area contributed by atoms with Crippen LogP contribution in [0.25, 0.3) is 0 Å². The van der Waals surface area contributed by atoms with E-state index in [0.29, 0.717) is 22.9 Å². The van der Waals surface area contributed by atoms with Gasteiger partial charge in [0.2, 0.25) is 0 Å². The molecule has 1 aromatic rings. The molecule has 2 nitrogen and oxygen atoms in total. The molecule has 116 valence electrons. The Labute approximate surface area is 131 Å². The Hall–Kier alpha value is -0.380. The zero-order chi connectivity index (χ0) is 14.8. The standard InChI is InChI=1S/C18H26O2S/c1-11(14-6-5-9-21-14)19-15-10-12-13-7-8-18(4,16(12)20-15)17(13,2)3/h5-6,9,11-13,15-16H,7-8,10H2,1-4H3/t11-,12-,13-,15-,16-,18+/m1/s1. The van der Waals surface area contributed by atoms with Crippen LogP contribution in [0, 0.1) is 22.7 Å². The molecule has 6 atom stereocenters. The lowest BCUT2D eigenvalue weighted by Gasteiger charge is -2.38. The Morgan fingerprint density at radius 2 is 2.19 bits per heavy atom. The van der Waals surface area contributed by atoms with Gasteiger partial charge in [-0.2, -0.15) is 0 Å². The quantitative estimate of drug-likeness (QED) is 0.781. The molecule has 1 aromatic heterocycles. The summed E-state index contributed by atoms with van der Waals surface area (Å²) in [5, 5.41) is 2.11. The molecule has 1 aliphatic heterocycles. The minimum atomic E-state index is -0.00637. The van der Waals surface area contributed by atoms with Crippen molar-refractivity contribution < 1.29 is 9.47 Å². The maximum atomic E-state index is 6.41. The summed E-state index contributed by atoms with van der Waals surface area (Å²) in [5.74, 6) is 1.53. The fraction of sp³-hybridized carbons (Fsp3) is 0.778. The van der Waals surface area contributed by atoms with E-state index in [1.807, 2.05) is 0 Å². The highest BCUT2D eigenvalue weighted by Gasteiger charge is 2.69. The number of hydrogen-bond acceptors (Lipinski definition) is 3. The largest absolute Gasteiger partial charge is 0.349 e. The van der Waals surface area contributed by atoms with Crippen LogP contribution in [-0.2, 0) is 9.47 Å². The van der Waals surface area contributed by atoms with Gasteiger partial charge >= 0.3 is 0 Å². The van der Waals surface area contributed by atoms with Crippen molar-refractivity contribution in [2.45, 2.75) is 65.5 Å². The fourth-order valence-corrected chi connectivity index (χ4v) is 6.11. The molecule has 3 heteroatoms. The van der Waals surface area contributed by atoms with Crippen LogP contribution < -0.4 is 0 Å². The van der Waals surface area contributed by atoms with Gasteiger partial charge in [0.25, 0.3) is 0 Å². The van der Waals surface area contributed by atoms with E-state index in [4.69, 9.17) is 9.47 Å². The van der Waals surface area contributed by atoms with Gasteiger partial charge in [0.1, 0.15) is 0 Å². The maximum absolute atomic E-state index is 6.41. The van der Waals surface area contributed by atoms with Gasteiger partial charge in [-0.3, -0.25) is 0 Å². The van der Waals surface area contributed by atoms with Crippen molar-refractivity contribution in [3.63, 3.8) is 0 Å². The molecule has 3 fully saturated rings. The molecule has 3 aliphatic rings. The third kappa shape index (κ3) is 1.83. The molecule has 0 radical (unpaired) electrons. The second-order valence-electron chi connectivity index (χ2n) is 7.96. The summed E-state index contributed by atoms with van der Waals surface area (Å²) in [4.78, 5) is 1.30. The second-order valence-corrected chi connectivity index (χ2v) is 8.94. The molecule has 0 spiro atoms. The van der Waals surface area contributed by atoms with Crippen molar-refractivity contribution in [3.8, 4) is 0 Å². The van der Waals surface area contributed by atoms with E-state index in [1.54, 1.807) is 11.3 Å². The van der Waals surface area contributed by atoms with Gasteiger partial charge in [-0.25, -0.2) is 0 Å². The van der Waals surface area contributed by atoms with E-state index < -0.39 is 0 Å². The summed E-state index contributed by atoms with van der Waals surface area (Å²) < 4.78 is 12.6. The monoisotopic (exact) mass is 306 g/mol. The molecule has 2 saturated carbocycles. The highest BCUT2D eigenvalue weighted by Crippen LogP contribution is 2.71. The molecule has 2 aliphatic carbocycles. The van der Waals surface area contributed by atoms with Gasteiger partial charge in [0, 0.05) is 11.3 Å². The Morgan fingerprint density at radius 3 is 2.86 bits per heavy atom. The van der Waals surface area contributed by atoms with Gasteiger partial charge in [-0.1, -0.05) is 26.8 Å². The molecule has 2 bridgehead atoms. The van der Waals surface area contributed by atoms with E-state index in [1.165, 1.54) is 17.7 Å². The van der Waals surface area contributed by atoms with Gasteiger partial charge in [-0.15, -0.1) is 11.3 Å². The third-order valence-electron chi connectivity index (χ3n) is 6.97. The van der Waals surface area contributed by atoms with Gasteiger partial charge in [0.05, 0.1) is 12.2 Å². The minimum absolute atomic E-state index is 0.00637. The van der Waals surface area contributed by atoms with Crippen LogP contribution in [0.3, 0.4) is 0 Å². The lowest BCUT2D eigenvalue weighted by Crippen LogP contribution is -2.37. The first-order valence-electron chi connectivity index (χ1n) is 8.28. The summed E-state index contributed by atoms with van der Waals surface area (Å²) in [6, 6.07) is 4.24. The normalized spacial score (nSPS) is 45.0. The van der Waals surface area contributed by atoms with E-state index in [-0.39, 0.29) is 12.4 Å². The van der Waals surface area contributed by atoms with E-state index >= 15 is 0 Å². The summed E-state index contributed by atoms with van der Waals surface area (Å²) in [5.41, 5.74) is 0.763. The highest BCUT2D eigenvalue weighted by molar-refractivity contribution is 7.10. The lowest BCUT2D eigenvalue weighted by molar-refractivity contribution is -0.183. The average molecular weight is 306 g/mol. The average Bonchev–Trinajstić information content (AvgIpc) is 3.12. The summed E-state index contributed by atoms with van der Waals surface area (Å²) in [7, 11) is 0. The maximum Gasteiger partial charge on any atom is 0.159 e. The van der Waals surface area contributed by atoms with Crippen LogP contribution in [-0.4, -0.2) is 12.4 Å². The predicted molar refractivity (Wildman–Crippen MR) is 85.2 cm³/mol. The molecule has 4 rings (SSSR count). The van der Waals surface area contributed by atoms with Gasteiger partial charge in [0.15, 0.2) is 6.29 Å². The number of hydrogen-bond donors (Lipinski definition) is 0. The van der Waals surface area contributed by atoms with E-state index in [0.717, 1.165) is 12.3 Å². The molecular weight excluding hydrogens is 280 g/mol. The molecule has 21 heavy (non-hydrogen) atoms. The predicted octanol–water partition coefficient (Wildman–Crippen LogP) is 5.01. The minimum Gasteiger partial charge on any atom is -0.349 e. The van der Waals surface area contributed by atoms with Crippen LogP contribution >= 0.6 is 11.3 Å². The first-order valence-corrected chi connectivity index (χ1v) is 9.16. The molecule has 0 N–H and O–H groups in total. The van der Waals surface area contributed by atoms with Crippen molar-refractivity contribution >= 4 is 11.3 Å². The SMILES string of the molecule is C[C@@H](O[C@H]1C[C@@H]2[C@H]3CC[C@@](C)([C@@H]2O1)C3(C)C)c1cccs1. The first-order chi connectivity index (χ1) is 9.93. The van der Waals surface area contributed by atoms with Crippen molar-refractivity contribution in [3.05, 3.63) is 22.4 Å². The first kappa shape index (κ1) is 14.2. The van der Waals surface area contributed by atoms with Gasteiger partial charge in [-0.05, 0) is 53.9 Å². The molecule has 0 amide bonds. The van der Waals surface area contributed by atoms with Crippen molar-refractivity contribution in [1.82, 2.24) is 0 Å². The van der Waals surface area contributed by atoms with Crippen LogP contribution in [0.1, 0.15) is 57.9 Å². The van der Waals surface area contributed by atoms with Crippen molar-refractivity contribution in [1.29, 1.82) is 0 Å². The smallest absolute Gasteiger partial charge is 0.159 e. The van der Waals surface area contributed by atoms with Crippen LogP contribution in [0.2, 0.25) is 0 Å². The number of rotatable bonds is 3. The summed E-state index contributed by atoms with van der Waals surface area (Å²) in [6.07, 6.45) is 4.33. The molecular formula is C18H26O2S. The summed E-state index contributed by atoms with van der Waals surface area (Å²) in [6.45, 7) is 9.50. The summed E-state index contributed by atoms with van der Waals surface area (Å²) >= 11 is 1.77. The number of thiophene rings is 1. The fourth-order valence-electron chi connectivity index (χ4n) is 5.39. The van der Waals surface area contributed by atoms with E-state index in [9.17, 15) is 0 Å². The van der Waals surface area contributed by atoms with Crippen LogP contribution in [0.4, 0.5) is 0 Å². The van der Waals surface area contributed by atoms with Crippen LogP contribution in [0.5, 0.6) is 0 Å². The van der Waals surface area contributed by atoms with Gasteiger partial charge < -0.3 is 9.47 Å². The molecule has 0 unspecified atom stereocenters. The van der Waals surface area contributed by atoms with Crippen LogP contribution in [0.15, 0.2) is 17.5 Å². The van der Waals surface area contributed by atoms with Crippen molar-refractivity contribution in [2.24, 2.45) is 22.7 Å². The third-order valence-corrected chi connectivity index (χ3v) is 8.00. The topological polar surface area (TPSA) is 18.5 Å². The number of ether oxygens (including phenoxy) is 2. The molecule has 0 aromatic carbocycles. The Balaban J connectivity index is 1.48. The Bertz CT molecular complexity index is 523. The zero-order valence-electron chi connectivity index (χ0n) is 13.5. The van der Waals surface area contributed by atoms with E-state index in [2.05, 4.69) is 45.2 Å². The Morgan fingerprint density at radius 1 is 1.38 bits per heavy atom.